The molecule has 0 saturated carbocycles. The van der Waals surface area contributed by atoms with E-state index in [1.807, 2.05) is 6.92 Å². The summed E-state index contributed by atoms with van der Waals surface area (Å²) >= 11 is 0. The molecule has 0 aromatic carbocycles. The number of nitrogens with one attached hydrogen (secondary N) is 2. The Hall–Kier alpha value is -0.780. The van der Waals surface area contributed by atoms with Gasteiger partial charge in [0.25, 0.3) is 5.91 Å². The van der Waals surface area contributed by atoms with Crippen LogP contribution in [0.5, 0.6) is 0 Å². The number of rotatable bonds is 2. The Kier molecular flexibility index (Phi) is 5.78. The summed E-state index contributed by atoms with van der Waals surface area (Å²) in [7, 11) is 1.78. The molecule has 16 heavy (non-hydrogen) atoms. The summed E-state index contributed by atoms with van der Waals surface area (Å²) in [4.78, 5) is 11.7. The fourth-order valence-electron chi connectivity index (χ4n) is 1.47. The highest BCUT2D eigenvalue weighted by Gasteiger charge is 2.21. The van der Waals surface area contributed by atoms with E-state index in [1.165, 1.54) is 0 Å². The summed E-state index contributed by atoms with van der Waals surface area (Å²) < 4.78 is 1.61. The Bertz CT molecular complexity index is 362. The number of hydrogen-bond donors (Lipinski definition) is 2. The van der Waals surface area contributed by atoms with Crippen molar-refractivity contribution in [2.75, 3.05) is 13.1 Å². The number of amides is 1. The van der Waals surface area contributed by atoms with E-state index in [0.717, 1.165) is 18.8 Å². The molecular weight excluding hydrogens is 251 g/mol. The molecule has 2 rings (SSSR count). The van der Waals surface area contributed by atoms with E-state index in [4.69, 9.17) is 0 Å². The average molecular weight is 267 g/mol. The van der Waals surface area contributed by atoms with Crippen molar-refractivity contribution in [2.45, 2.75) is 13.0 Å². The molecule has 92 valence electrons. The van der Waals surface area contributed by atoms with Crippen molar-refractivity contribution in [3.63, 3.8) is 0 Å². The average Bonchev–Trinajstić information content (AvgIpc) is 2.37. The highest BCUT2D eigenvalue weighted by Crippen LogP contribution is 2.02. The maximum absolute atomic E-state index is 11.7. The number of carbonyl (C=O) groups excluding carboxylic acids is 1. The number of aryl methyl sites for hydroxylation is 2. The lowest BCUT2D eigenvalue weighted by Crippen LogP contribution is -2.57. The standard InChI is InChI=1S/C9H14N4O.2ClH/c1-6-3-8(13(2)12-6)9(14)11-7-4-10-5-7;;/h3,7,10H,4-5H2,1-2H3,(H,11,14);2*1H. The fraction of sp³-hybridized carbons (Fsp3) is 0.556. The number of nitrogens with zero attached hydrogens (tertiary/aromatic N) is 2. The van der Waals surface area contributed by atoms with Gasteiger partial charge in [-0.3, -0.25) is 9.48 Å². The predicted molar refractivity (Wildman–Crippen MR) is 66.6 cm³/mol. The SMILES string of the molecule is Cc1cc(C(=O)NC2CNC2)n(C)n1.Cl.Cl. The monoisotopic (exact) mass is 266 g/mol. The van der Waals surface area contributed by atoms with E-state index in [0.29, 0.717) is 5.69 Å². The van der Waals surface area contributed by atoms with Gasteiger partial charge in [0.2, 0.25) is 0 Å². The second kappa shape index (κ2) is 6.08. The van der Waals surface area contributed by atoms with E-state index >= 15 is 0 Å². The first kappa shape index (κ1) is 15.2. The molecule has 0 radical (unpaired) electrons. The van der Waals surface area contributed by atoms with Gasteiger partial charge in [-0.25, -0.2) is 0 Å². The highest BCUT2D eigenvalue weighted by atomic mass is 35.5. The number of halogens is 2. The molecule has 7 heteroatoms. The Labute approximate surface area is 107 Å². The number of carbonyl (C=O) groups is 1. The molecule has 1 aromatic heterocycles. The van der Waals surface area contributed by atoms with Gasteiger partial charge < -0.3 is 10.6 Å². The van der Waals surface area contributed by atoms with Crippen LogP contribution in [0.1, 0.15) is 16.2 Å². The van der Waals surface area contributed by atoms with Crippen molar-refractivity contribution < 1.29 is 4.79 Å². The van der Waals surface area contributed by atoms with Crippen molar-refractivity contribution >= 4 is 30.7 Å². The van der Waals surface area contributed by atoms with Crippen LogP contribution in [0, 0.1) is 6.92 Å². The first-order valence-electron chi connectivity index (χ1n) is 4.69. The van der Waals surface area contributed by atoms with Gasteiger partial charge in [-0.15, -0.1) is 24.8 Å². The van der Waals surface area contributed by atoms with E-state index in [-0.39, 0.29) is 36.8 Å². The van der Waals surface area contributed by atoms with Gasteiger partial charge in [0.05, 0.1) is 11.7 Å². The summed E-state index contributed by atoms with van der Waals surface area (Å²) in [6.07, 6.45) is 0. The Morgan fingerprint density at radius 2 is 2.19 bits per heavy atom. The summed E-state index contributed by atoms with van der Waals surface area (Å²) in [5, 5.41) is 10.1. The minimum atomic E-state index is -0.0420. The lowest BCUT2D eigenvalue weighted by atomic mass is 10.2. The van der Waals surface area contributed by atoms with Crippen molar-refractivity contribution in [3.05, 3.63) is 17.5 Å². The molecular formula is C9H16Cl2N4O. The molecule has 1 aromatic rings. The zero-order valence-electron chi connectivity index (χ0n) is 9.19. The van der Waals surface area contributed by atoms with Crippen LogP contribution in [0.15, 0.2) is 6.07 Å². The van der Waals surface area contributed by atoms with E-state index in [9.17, 15) is 4.79 Å². The first-order chi connectivity index (χ1) is 6.66. The van der Waals surface area contributed by atoms with Crippen LogP contribution in [0.25, 0.3) is 0 Å². The van der Waals surface area contributed by atoms with Crippen LogP contribution in [-0.4, -0.2) is 34.8 Å². The normalized spacial score (nSPS) is 14.4. The molecule has 5 nitrogen and oxygen atoms in total. The van der Waals surface area contributed by atoms with Gasteiger partial charge >= 0.3 is 0 Å². The third kappa shape index (κ3) is 3.10. The Balaban J connectivity index is 0.00000112. The fourth-order valence-corrected chi connectivity index (χ4v) is 1.47. The molecule has 2 N–H and O–H groups in total. The molecule has 0 spiro atoms. The van der Waals surface area contributed by atoms with Gasteiger partial charge in [-0.05, 0) is 13.0 Å². The summed E-state index contributed by atoms with van der Waals surface area (Å²) in [6.45, 7) is 3.60. The van der Waals surface area contributed by atoms with E-state index in [1.54, 1.807) is 17.8 Å². The van der Waals surface area contributed by atoms with Crippen LogP contribution >= 0.6 is 24.8 Å². The summed E-state index contributed by atoms with van der Waals surface area (Å²) in [5.74, 6) is -0.0420. The van der Waals surface area contributed by atoms with Gasteiger partial charge in [-0.2, -0.15) is 5.10 Å². The highest BCUT2D eigenvalue weighted by molar-refractivity contribution is 5.92. The maximum Gasteiger partial charge on any atom is 0.269 e. The van der Waals surface area contributed by atoms with Gasteiger partial charge in [0.15, 0.2) is 0 Å². The molecule has 1 aliphatic rings. The van der Waals surface area contributed by atoms with E-state index < -0.39 is 0 Å². The molecule has 1 aliphatic heterocycles. The largest absolute Gasteiger partial charge is 0.345 e. The Morgan fingerprint density at radius 1 is 1.56 bits per heavy atom. The van der Waals surface area contributed by atoms with Crippen LogP contribution in [-0.2, 0) is 7.05 Å². The molecule has 0 bridgehead atoms. The minimum absolute atomic E-state index is 0. The molecule has 0 atom stereocenters. The number of aromatic nitrogens is 2. The van der Waals surface area contributed by atoms with Gasteiger partial charge in [0.1, 0.15) is 5.69 Å². The third-order valence-electron chi connectivity index (χ3n) is 2.35. The van der Waals surface area contributed by atoms with Crippen LogP contribution in [0.3, 0.4) is 0 Å². The molecule has 1 saturated heterocycles. The lowest BCUT2D eigenvalue weighted by Gasteiger charge is -2.27. The van der Waals surface area contributed by atoms with Crippen molar-refractivity contribution in [1.29, 1.82) is 0 Å². The van der Waals surface area contributed by atoms with Crippen molar-refractivity contribution in [1.82, 2.24) is 20.4 Å². The lowest BCUT2D eigenvalue weighted by molar-refractivity contribution is 0.0914. The molecule has 0 unspecified atom stereocenters. The smallest absolute Gasteiger partial charge is 0.269 e. The van der Waals surface area contributed by atoms with Gasteiger partial charge in [-0.1, -0.05) is 0 Å². The molecule has 1 fully saturated rings. The zero-order chi connectivity index (χ0) is 10.1. The first-order valence-corrected chi connectivity index (χ1v) is 4.69. The van der Waals surface area contributed by atoms with Crippen molar-refractivity contribution in [3.8, 4) is 0 Å². The van der Waals surface area contributed by atoms with Crippen LogP contribution < -0.4 is 10.6 Å². The molecule has 0 aliphatic carbocycles. The van der Waals surface area contributed by atoms with Crippen LogP contribution in [0.2, 0.25) is 0 Å². The topological polar surface area (TPSA) is 59.0 Å². The molecule has 2 heterocycles. The van der Waals surface area contributed by atoms with Gasteiger partial charge in [0, 0.05) is 20.1 Å². The summed E-state index contributed by atoms with van der Waals surface area (Å²) in [6, 6.07) is 2.07. The van der Waals surface area contributed by atoms with Crippen LogP contribution in [0.4, 0.5) is 0 Å². The molecule has 1 amide bonds. The third-order valence-corrected chi connectivity index (χ3v) is 2.35. The Morgan fingerprint density at radius 3 is 2.56 bits per heavy atom. The number of hydrogen-bond acceptors (Lipinski definition) is 3. The maximum atomic E-state index is 11.7. The zero-order valence-corrected chi connectivity index (χ0v) is 10.8. The minimum Gasteiger partial charge on any atom is -0.345 e. The predicted octanol–water partition coefficient (Wildman–Crippen LogP) is 0.274. The quantitative estimate of drug-likeness (QED) is 0.809. The second-order valence-corrected chi connectivity index (χ2v) is 3.62. The summed E-state index contributed by atoms with van der Waals surface area (Å²) in [5.41, 5.74) is 1.48. The van der Waals surface area contributed by atoms with E-state index in [2.05, 4.69) is 15.7 Å². The van der Waals surface area contributed by atoms with Crippen molar-refractivity contribution in [2.24, 2.45) is 7.05 Å². The second-order valence-electron chi connectivity index (χ2n) is 3.62.